The number of nitrogens with zero attached hydrogens (tertiary/aromatic N) is 3. The fourth-order valence-corrected chi connectivity index (χ4v) is 2.44. The molecule has 6 nitrogen and oxygen atoms in total. The summed E-state index contributed by atoms with van der Waals surface area (Å²) >= 11 is 0. The molecule has 0 saturated carbocycles. The number of nitrogens with one attached hydrogen (secondary N) is 2. The Labute approximate surface area is 117 Å². The van der Waals surface area contributed by atoms with Gasteiger partial charge in [0.2, 0.25) is 5.91 Å². The van der Waals surface area contributed by atoms with E-state index in [0.29, 0.717) is 0 Å². The third-order valence-electron chi connectivity index (χ3n) is 3.51. The van der Waals surface area contributed by atoms with Crippen LogP contribution in [0, 0.1) is 0 Å². The lowest BCUT2D eigenvalue weighted by atomic mass is 10.1. The molecule has 1 aliphatic heterocycles. The van der Waals surface area contributed by atoms with Crippen LogP contribution in [0.25, 0.3) is 11.4 Å². The van der Waals surface area contributed by atoms with E-state index in [1.807, 2.05) is 35.9 Å². The first-order valence-electron chi connectivity index (χ1n) is 6.73. The van der Waals surface area contributed by atoms with E-state index in [-0.39, 0.29) is 11.9 Å². The van der Waals surface area contributed by atoms with E-state index in [1.54, 1.807) is 6.33 Å². The first-order valence-corrected chi connectivity index (χ1v) is 6.73. The summed E-state index contributed by atoms with van der Waals surface area (Å²) in [6, 6.07) is 7.55. The molecule has 2 heterocycles. The molecule has 1 atom stereocenters. The van der Waals surface area contributed by atoms with E-state index >= 15 is 0 Å². The normalized spacial score (nSPS) is 18.1. The maximum Gasteiger partial charge on any atom is 0.241 e. The first kappa shape index (κ1) is 12.8. The Kier molecular flexibility index (Phi) is 3.47. The molecule has 0 bridgehead atoms. The summed E-state index contributed by atoms with van der Waals surface area (Å²) in [4.78, 5) is 12.2. The second kappa shape index (κ2) is 5.42. The molecule has 1 aromatic carbocycles. The van der Waals surface area contributed by atoms with E-state index < -0.39 is 0 Å². The second-order valence-electron chi connectivity index (χ2n) is 4.95. The van der Waals surface area contributed by atoms with Crippen LogP contribution < -0.4 is 10.6 Å². The number of aryl methyl sites for hydroxylation is 1. The highest BCUT2D eigenvalue weighted by Crippen LogP contribution is 2.25. The van der Waals surface area contributed by atoms with Gasteiger partial charge in [0.15, 0.2) is 5.82 Å². The van der Waals surface area contributed by atoms with Gasteiger partial charge in [-0.15, -0.1) is 10.2 Å². The number of benzene rings is 1. The van der Waals surface area contributed by atoms with Crippen molar-refractivity contribution in [2.75, 3.05) is 11.9 Å². The summed E-state index contributed by atoms with van der Waals surface area (Å²) in [7, 11) is 1.88. The zero-order valence-corrected chi connectivity index (χ0v) is 11.3. The van der Waals surface area contributed by atoms with E-state index in [2.05, 4.69) is 20.8 Å². The van der Waals surface area contributed by atoms with Crippen LogP contribution in [0.15, 0.2) is 30.6 Å². The molecule has 0 spiro atoms. The Bertz CT molecular complexity index is 616. The Hall–Kier alpha value is -2.21. The van der Waals surface area contributed by atoms with Crippen molar-refractivity contribution in [2.24, 2.45) is 7.05 Å². The van der Waals surface area contributed by atoms with Gasteiger partial charge in [0, 0.05) is 12.6 Å². The van der Waals surface area contributed by atoms with Gasteiger partial charge in [-0.1, -0.05) is 12.1 Å². The van der Waals surface area contributed by atoms with Crippen molar-refractivity contribution in [1.82, 2.24) is 20.1 Å². The number of aromatic nitrogens is 3. The largest absolute Gasteiger partial charge is 0.324 e. The van der Waals surface area contributed by atoms with Crippen molar-refractivity contribution in [3.05, 3.63) is 30.6 Å². The van der Waals surface area contributed by atoms with E-state index in [4.69, 9.17) is 0 Å². The van der Waals surface area contributed by atoms with Gasteiger partial charge < -0.3 is 15.2 Å². The number of hydrogen-bond donors (Lipinski definition) is 2. The average molecular weight is 271 g/mol. The van der Waals surface area contributed by atoms with Crippen molar-refractivity contribution in [3.8, 4) is 11.4 Å². The molecule has 1 fully saturated rings. The van der Waals surface area contributed by atoms with Gasteiger partial charge in [-0.05, 0) is 31.5 Å². The van der Waals surface area contributed by atoms with Gasteiger partial charge in [0.05, 0.1) is 11.7 Å². The Balaban J connectivity index is 1.86. The monoisotopic (exact) mass is 271 g/mol. The topological polar surface area (TPSA) is 71.8 Å². The minimum absolute atomic E-state index is 0.0112. The Morgan fingerprint density at radius 1 is 1.45 bits per heavy atom. The second-order valence-corrected chi connectivity index (χ2v) is 4.95. The van der Waals surface area contributed by atoms with Crippen molar-refractivity contribution >= 4 is 11.6 Å². The van der Waals surface area contributed by atoms with Crippen molar-refractivity contribution < 1.29 is 4.79 Å². The summed E-state index contributed by atoms with van der Waals surface area (Å²) in [6.07, 6.45) is 3.58. The van der Waals surface area contributed by atoms with Crippen LogP contribution in [0.2, 0.25) is 0 Å². The molecule has 0 unspecified atom stereocenters. The summed E-state index contributed by atoms with van der Waals surface area (Å²) in [5.74, 6) is 0.748. The van der Waals surface area contributed by atoms with E-state index in [1.165, 1.54) is 0 Å². The van der Waals surface area contributed by atoms with Crippen LogP contribution >= 0.6 is 0 Å². The first-order chi connectivity index (χ1) is 9.75. The smallest absolute Gasteiger partial charge is 0.241 e. The van der Waals surface area contributed by atoms with Gasteiger partial charge in [-0.3, -0.25) is 4.79 Å². The maximum atomic E-state index is 12.2. The van der Waals surface area contributed by atoms with Gasteiger partial charge in [-0.25, -0.2) is 0 Å². The Morgan fingerprint density at radius 2 is 2.30 bits per heavy atom. The van der Waals surface area contributed by atoms with Crippen LogP contribution in [-0.4, -0.2) is 33.3 Å². The fraction of sp³-hybridized carbons (Fsp3) is 0.357. The number of carbonyl (C=O) groups is 1. The number of anilines is 1. The van der Waals surface area contributed by atoms with Crippen molar-refractivity contribution in [2.45, 2.75) is 18.9 Å². The minimum Gasteiger partial charge on any atom is -0.324 e. The molecule has 20 heavy (non-hydrogen) atoms. The predicted molar refractivity (Wildman–Crippen MR) is 76.1 cm³/mol. The molecular weight excluding hydrogens is 254 g/mol. The maximum absolute atomic E-state index is 12.2. The molecule has 104 valence electrons. The zero-order valence-electron chi connectivity index (χ0n) is 11.3. The number of amides is 1. The van der Waals surface area contributed by atoms with Crippen LogP contribution in [0.4, 0.5) is 5.69 Å². The molecule has 0 aliphatic carbocycles. The molecule has 1 aromatic heterocycles. The number of hydrogen-bond acceptors (Lipinski definition) is 4. The summed E-state index contributed by atoms with van der Waals surface area (Å²) in [5, 5.41) is 14.2. The summed E-state index contributed by atoms with van der Waals surface area (Å²) < 4.78 is 1.83. The molecular formula is C14H17N5O. The highest BCUT2D eigenvalue weighted by molar-refractivity contribution is 5.98. The lowest BCUT2D eigenvalue weighted by Crippen LogP contribution is -2.35. The minimum atomic E-state index is -0.0949. The quantitative estimate of drug-likeness (QED) is 0.879. The Morgan fingerprint density at radius 3 is 3.00 bits per heavy atom. The van der Waals surface area contributed by atoms with Crippen molar-refractivity contribution in [1.29, 1.82) is 0 Å². The van der Waals surface area contributed by atoms with Gasteiger partial charge >= 0.3 is 0 Å². The van der Waals surface area contributed by atoms with Gasteiger partial charge in [0.1, 0.15) is 6.33 Å². The molecule has 2 aromatic rings. The molecule has 0 radical (unpaired) electrons. The van der Waals surface area contributed by atoms with Gasteiger partial charge in [-0.2, -0.15) is 0 Å². The SMILES string of the molecule is Cn1cnnc1-c1ccccc1NC(=O)[C@@H]1CCCN1. The van der Waals surface area contributed by atoms with E-state index in [9.17, 15) is 4.79 Å². The lowest BCUT2D eigenvalue weighted by Gasteiger charge is -2.14. The highest BCUT2D eigenvalue weighted by atomic mass is 16.2. The molecule has 1 aliphatic rings. The standard InChI is InChI=1S/C14H17N5O/c1-19-9-16-18-13(19)10-5-2-3-6-11(10)17-14(20)12-7-4-8-15-12/h2-3,5-6,9,12,15H,4,7-8H2,1H3,(H,17,20)/t12-/m0/s1. The summed E-state index contributed by atoms with van der Waals surface area (Å²) in [5.41, 5.74) is 1.64. The van der Waals surface area contributed by atoms with Crippen LogP contribution in [0.5, 0.6) is 0 Å². The molecule has 1 amide bonds. The molecule has 6 heteroatoms. The van der Waals surface area contributed by atoms with Gasteiger partial charge in [0.25, 0.3) is 0 Å². The third-order valence-corrected chi connectivity index (χ3v) is 3.51. The van der Waals surface area contributed by atoms with Crippen molar-refractivity contribution in [3.63, 3.8) is 0 Å². The molecule has 1 saturated heterocycles. The van der Waals surface area contributed by atoms with Crippen LogP contribution in [0.1, 0.15) is 12.8 Å². The fourth-order valence-electron chi connectivity index (χ4n) is 2.44. The van der Waals surface area contributed by atoms with Crippen LogP contribution in [-0.2, 0) is 11.8 Å². The molecule has 2 N–H and O–H groups in total. The highest BCUT2D eigenvalue weighted by Gasteiger charge is 2.23. The lowest BCUT2D eigenvalue weighted by molar-refractivity contribution is -0.117. The van der Waals surface area contributed by atoms with Crippen LogP contribution in [0.3, 0.4) is 0 Å². The number of carbonyl (C=O) groups excluding carboxylic acids is 1. The average Bonchev–Trinajstić information content (AvgIpc) is 3.10. The summed E-state index contributed by atoms with van der Waals surface area (Å²) in [6.45, 7) is 0.906. The molecule has 3 rings (SSSR count). The number of rotatable bonds is 3. The predicted octanol–water partition coefficient (Wildman–Crippen LogP) is 1.17. The van der Waals surface area contributed by atoms with E-state index in [0.717, 1.165) is 36.5 Å². The number of para-hydroxylation sites is 1. The zero-order chi connectivity index (χ0) is 13.9. The third kappa shape index (κ3) is 2.42.